The third-order valence-corrected chi connectivity index (χ3v) is 3.72. The lowest BCUT2D eigenvalue weighted by Crippen LogP contribution is -2.16. The number of nitrogens with one attached hydrogen (secondary N) is 3. The van der Waals surface area contributed by atoms with Gasteiger partial charge in [0.2, 0.25) is 5.56 Å². The molecular formula is C15H14Cl2FN4O3S-. The Bertz CT molecular complexity index is 987. The number of hydrogen-bond acceptors (Lipinski definition) is 5. The van der Waals surface area contributed by atoms with Crippen molar-refractivity contribution in [2.24, 2.45) is 0 Å². The molecule has 11 heteroatoms. The van der Waals surface area contributed by atoms with E-state index in [0.717, 1.165) is 0 Å². The molecule has 26 heavy (non-hydrogen) atoms. The number of aromatic nitrogens is 2. The minimum absolute atomic E-state index is 0. The van der Waals surface area contributed by atoms with Gasteiger partial charge in [0.05, 0.1) is 5.69 Å². The highest BCUT2D eigenvalue weighted by molar-refractivity contribution is 7.77. The highest BCUT2D eigenvalue weighted by Gasteiger charge is 2.07. The second-order valence-electron chi connectivity index (χ2n) is 4.93. The fraction of sp³-hybridized carbons (Fsp3) is 0.0667. The van der Waals surface area contributed by atoms with Gasteiger partial charge in [-0.25, -0.2) is 14.1 Å². The van der Waals surface area contributed by atoms with E-state index in [9.17, 15) is 17.9 Å². The number of halogens is 3. The zero-order valence-corrected chi connectivity index (χ0v) is 15.5. The first-order valence-corrected chi connectivity index (χ1v) is 7.97. The molecule has 140 valence electrons. The second-order valence-corrected chi connectivity index (χ2v) is 5.69. The van der Waals surface area contributed by atoms with Gasteiger partial charge >= 0.3 is 0 Å². The number of rotatable bonds is 5. The Balaban J connectivity index is 0.00000169. The summed E-state index contributed by atoms with van der Waals surface area (Å²) in [6.07, 6.45) is 1.53. The molecular weight excluding hydrogens is 406 g/mol. The summed E-state index contributed by atoms with van der Waals surface area (Å²) in [5.74, 6) is -0.512. The minimum atomic E-state index is -2.47. The van der Waals surface area contributed by atoms with Crippen LogP contribution in [0.25, 0.3) is 11.0 Å². The number of hydrogen-bond donors (Lipinski definition) is 3. The molecule has 7 nitrogen and oxygen atoms in total. The Hall–Kier alpha value is -2.04. The maximum atomic E-state index is 13.7. The summed E-state index contributed by atoms with van der Waals surface area (Å²) in [6.45, 7) is -0.151. The molecule has 0 aliphatic heterocycles. The van der Waals surface area contributed by atoms with Crippen LogP contribution in [0.5, 0.6) is 0 Å². The maximum Gasteiger partial charge on any atom is 0.249 e. The molecule has 0 radical (unpaired) electrons. The van der Waals surface area contributed by atoms with E-state index >= 15 is 0 Å². The molecule has 3 N–H and O–H groups in total. The van der Waals surface area contributed by atoms with E-state index < -0.39 is 17.1 Å². The van der Waals surface area contributed by atoms with E-state index in [1.165, 1.54) is 30.5 Å². The smallest absolute Gasteiger partial charge is 0.249 e. The van der Waals surface area contributed by atoms with Crippen molar-refractivity contribution in [3.8, 4) is 0 Å². The molecule has 0 aliphatic carbocycles. The van der Waals surface area contributed by atoms with Gasteiger partial charge in [-0.2, -0.15) is 0 Å². The van der Waals surface area contributed by atoms with Gasteiger partial charge in [0.15, 0.2) is 0 Å². The van der Waals surface area contributed by atoms with Crippen molar-refractivity contribution < 1.29 is 13.2 Å². The van der Waals surface area contributed by atoms with Crippen molar-refractivity contribution in [1.29, 1.82) is 0 Å². The first-order chi connectivity index (χ1) is 11.5. The van der Waals surface area contributed by atoms with Crippen LogP contribution in [0.3, 0.4) is 0 Å². The van der Waals surface area contributed by atoms with Crippen molar-refractivity contribution in [3.05, 3.63) is 64.3 Å². The first-order valence-electron chi connectivity index (χ1n) is 6.89. The van der Waals surface area contributed by atoms with Crippen LogP contribution < -0.4 is 15.6 Å². The van der Waals surface area contributed by atoms with Crippen LogP contribution in [-0.4, -0.2) is 18.7 Å². The van der Waals surface area contributed by atoms with Crippen molar-refractivity contribution in [2.75, 3.05) is 5.32 Å². The van der Waals surface area contributed by atoms with Crippen LogP contribution in [0.15, 0.2) is 47.4 Å². The van der Waals surface area contributed by atoms with Crippen LogP contribution >= 0.6 is 24.8 Å². The normalized spacial score (nSPS) is 11.3. The molecule has 1 atom stereocenters. The van der Waals surface area contributed by atoms with Crippen molar-refractivity contribution in [3.63, 3.8) is 0 Å². The van der Waals surface area contributed by atoms with E-state index in [4.69, 9.17) is 0 Å². The molecule has 3 aromatic rings. The number of nitrogens with zero attached hydrogens (tertiary/aromatic N) is 1. The van der Waals surface area contributed by atoms with E-state index in [1.54, 1.807) is 12.1 Å². The predicted molar refractivity (Wildman–Crippen MR) is 102 cm³/mol. The van der Waals surface area contributed by atoms with Gasteiger partial charge in [0, 0.05) is 46.7 Å². The molecule has 2 aromatic heterocycles. The maximum absolute atomic E-state index is 13.7. The fourth-order valence-corrected chi connectivity index (χ4v) is 2.52. The summed E-state index contributed by atoms with van der Waals surface area (Å²) >= 11 is -2.47. The summed E-state index contributed by atoms with van der Waals surface area (Å²) in [4.78, 5) is 18.1. The predicted octanol–water partition coefficient (Wildman–Crippen LogP) is 2.53. The van der Waals surface area contributed by atoms with Crippen LogP contribution in [0.4, 0.5) is 15.8 Å². The van der Waals surface area contributed by atoms with Gasteiger partial charge in [-0.05, 0) is 30.3 Å². The van der Waals surface area contributed by atoms with Gasteiger partial charge < -0.3 is 14.9 Å². The zero-order valence-electron chi connectivity index (χ0n) is 13.0. The van der Waals surface area contributed by atoms with Gasteiger partial charge in [-0.15, -0.1) is 24.8 Å². The summed E-state index contributed by atoms with van der Waals surface area (Å²) < 4.78 is 37.0. The molecule has 1 aromatic carbocycles. The summed E-state index contributed by atoms with van der Waals surface area (Å²) in [7, 11) is 0. The van der Waals surface area contributed by atoms with E-state index in [0.29, 0.717) is 22.4 Å². The van der Waals surface area contributed by atoms with Gasteiger partial charge in [0.1, 0.15) is 11.5 Å². The Morgan fingerprint density at radius 3 is 2.69 bits per heavy atom. The lowest BCUT2D eigenvalue weighted by molar-refractivity contribution is 0.520. The Labute approximate surface area is 162 Å². The SMILES string of the molecule is Cl.Cl.O=c1ccc2c(Nc3ccc(F)c(CNS(=O)[O-])c3)ccnc2[nH]1. The number of anilines is 2. The molecule has 3 rings (SSSR count). The highest BCUT2D eigenvalue weighted by Crippen LogP contribution is 2.24. The van der Waals surface area contributed by atoms with Crippen LogP contribution in [0, 0.1) is 5.82 Å². The molecule has 0 amide bonds. The summed E-state index contributed by atoms with van der Waals surface area (Å²) in [5.41, 5.74) is 1.62. The number of pyridine rings is 2. The molecule has 0 spiro atoms. The van der Waals surface area contributed by atoms with Gasteiger partial charge in [-0.3, -0.25) is 9.00 Å². The number of aromatic amines is 1. The topological polar surface area (TPSA) is 110 Å². The van der Waals surface area contributed by atoms with Crippen molar-refractivity contribution in [2.45, 2.75) is 6.54 Å². The standard InChI is InChI=1S/C15H13FN4O3S.2ClH/c16-12-3-1-10(7-9(12)8-18-24(22)23)19-13-5-6-17-15-11(13)2-4-14(21)20-15;;/h1-7,18H,8H2,(H,22,23)(H2,17,19,20,21);2*1H/p-1. The lowest BCUT2D eigenvalue weighted by atomic mass is 10.1. The number of benzene rings is 1. The van der Waals surface area contributed by atoms with Crippen LogP contribution in [0.2, 0.25) is 0 Å². The average Bonchev–Trinajstić information content (AvgIpc) is 2.55. The minimum Gasteiger partial charge on any atom is -0.760 e. The third kappa shape index (κ3) is 5.23. The quantitative estimate of drug-likeness (QED) is 0.550. The Morgan fingerprint density at radius 2 is 1.96 bits per heavy atom. The molecule has 2 heterocycles. The van der Waals surface area contributed by atoms with Crippen LogP contribution in [0.1, 0.15) is 5.56 Å². The summed E-state index contributed by atoms with van der Waals surface area (Å²) in [6, 6.07) is 9.03. The van der Waals surface area contributed by atoms with E-state index in [-0.39, 0.29) is 42.5 Å². The molecule has 0 saturated heterocycles. The third-order valence-electron chi connectivity index (χ3n) is 3.34. The molecule has 0 saturated carbocycles. The monoisotopic (exact) mass is 419 g/mol. The van der Waals surface area contributed by atoms with Gasteiger partial charge in [0.25, 0.3) is 0 Å². The summed E-state index contributed by atoms with van der Waals surface area (Å²) in [5, 5.41) is 3.81. The Kier molecular flexibility index (Phi) is 8.12. The average molecular weight is 420 g/mol. The molecule has 1 unspecified atom stereocenters. The molecule has 0 aliphatic rings. The van der Waals surface area contributed by atoms with Crippen molar-refractivity contribution in [1.82, 2.24) is 14.7 Å². The molecule has 0 fully saturated rings. The van der Waals surface area contributed by atoms with Crippen molar-refractivity contribution >= 4 is 58.5 Å². The largest absolute Gasteiger partial charge is 0.760 e. The lowest BCUT2D eigenvalue weighted by Gasteiger charge is -2.12. The fourth-order valence-electron chi connectivity index (χ4n) is 2.25. The second kappa shape index (κ2) is 9.60. The van der Waals surface area contributed by atoms with Crippen LogP contribution in [-0.2, 0) is 17.8 Å². The van der Waals surface area contributed by atoms with E-state index in [2.05, 4.69) is 20.0 Å². The zero-order chi connectivity index (χ0) is 17.1. The highest BCUT2D eigenvalue weighted by atomic mass is 35.5. The number of H-pyrrole nitrogens is 1. The Morgan fingerprint density at radius 1 is 1.19 bits per heavy atom. The van der Waals surface area contributed by atoms with Gasteiger partial charge in [-0.1, -0.05) is 0 Å². The first kappa shape index (κ1) is 22.0. The van der Waals surface area contributed by atoms with E-state index in [1.807, 2.05) is 0 Å². The number of fused-ring (bicyclic) bond motifs is 1. The molecule has 0 bridgehead atoms.